The molecule has 9 heteroatoms. The average molecular weight is 338 g/mol. The Kier molecular flexibility index (Phi) is 4.16. The first-order valence-corrected chi connectivity index (χ1v) is 8.31. The van der Waals surface area contributed by atoms with E-state index in [2.05, 4.69) is 24.9 Å². The normalized spacial score (nSPS) is 16.2. The molecule has 3 rings (SSSR count). The first kappa shape index (κ1) is 15.0. The number of esters is 1. The Balaban J connectivity index is 1.63. The van der Waals surface area contributed by atoms with E-state index >= 15 is 0 Å². The predicted octanol–water partition coefficient (Wildman–Crippen LogP) is 1.83. The molecular weight excluding hydrogens is 324 g/mol. The maximum Gasteiger partial charge on any atom is 0.350 e. The molecule has 0 unspecified atom stereocenters. The fourth-order valence-corrected chi connectivity index (χ4v) is 4.03. The van der Waals surface area contributed by atoms with Crippen LogP contribution in [0.4, 0.5) is 5.13 Å². The number of rotatable bonds is 4. The lowest BCUT2D eigenvalue weighted by Crippen LogP contribution is -2.24. The minimum absolute atomic E-state index is 0.162. The lowest BCUT2D eigenvalue weighted by molar-refractivity contribution is -0.115. The Morgan fingerprint density at radius 2 is 2.32 bits per heavy atom. The molecule has 1 amide bonds. The highest BCUT2D eigenvalue weighted by Crippen LogP contribution is 2.31. The highest BCUT2D eigenvalue weighted by molar-refractivity contribution is 8.16. The molecule has 0 spiro atoms. The van der Waals surface area contributed by atoms with Crippen molar-refractivity contribution in [2.45, 2.75) is 13.3 Å². The summed E-state index contributed by atoms with van der Waals surface area (Å²) in [6.45, 7) is 3.31. The van der Waals surface area contributed by atoms with Gasteiger partial charge in [-0.25, -0.2) is 9.78 Å². The van der Waals surface area contributed by atoms with Gasteiger partial charge in [-0.15, -0.1) is 0 Å². The molecule has 3 heterocycles. The highest BCUT2D eigenvalue weighted by Gasteiger charge is 2.27. The quantitative estimate of drug-likeness (QED) is 0.843. The smallest absolute Gasteiger partial charge is 0.350 e. The van der Waals surface area contributed by atoms with Crippen molar-refractivity contribution >= 4 is 45.3 Å². The molecule has 22 heavy (non-hydrogen) atoms. The summed E-state index contributed by atoms with van der Waals surface area (Å²) in [5.41, 5.74) is 1.50. The number of thioether (sulfide) groups is 1. The van der Waals surface area contributed by atoms with Gasteiger partial charge in [-0.05, 0) is 12.3 Å². The molecule has 2 aliphatic rings. The SMILES string of the molecule is COC(=O)c1sc(NC(=O)CC2=CSC3=NCCN23)nc1C. The van der Waals surface area contributed by atoms with Crippen molar-refractivity contribution < 1.29 is 14.3 Å². The minimum atomic E-state index is -0.441. The molecule has 7 nitrogen and oxygen atoms in total. The van der Waals surface area contributed by atoms with Crippen molar-refractivity contribution in [1.82, 2.24) is 9.88 Å². The summed E-state index contributed by atoms with van der Waals surface area (Å²) in [6, 6.07) is 0. The summed E-state index contributed by atoms with van der Waals surface area (Å²) in [5, 5.41) is 6.05. The number of thiazole rings is 1. The lowest BCUT2D eigenvalue weighted by atomic mass is 10.3. The Labute approximate surface area is 135 Å². The second kappa shape index (κ2) is 6.09. The molecule has 0 aliphatic carbocycles. The van der Waals surface area contributed by atoms with Gasteiger partial charge in [-0.1, -0.05) is 23.1 Å². The number of anilines is 1. The van der Waals surface area contributed by atoms with Crippen molar-refractivity contribution in [3.8, 4) is 0 Å². The van der Waals surface area contributed by atoms with E-state index in [1.54, 1.807) is 18.7 Å². The van der Waals surface area contributed by atoms with Crippen LogP contribution in [0.5, 0.6) is 0 Å². The van der Waals surface area contributed by atoms with E-state index in [0.29, 0.717) is 15.7 Å². The number of aromatic nitrogens is 1. The van der Waals surface area contributed by atoms with Crippen LogP contribution < -0.4 is 5.32 Å². The minimum Gasteiger partial charge on any atom is -0.465 e. The van der Waals surface area contributed by atoms with Crippen molar-refractivity contribution in [3.63, 3.8) is 0 Å². The number of nitrogens with zero attached hydrogens (tertiary/aromatic N) is 3. The topological polar surface area (TPSA) is 83.9 Å². The van der Waals surface area contributed by atoms with Crippen molar-refractivity contribution in [2.24, 2.45) is 4.99 Å². The maximum absolute atomic E-state index is 12.1. The third-order valence-corrected chi connectivity index (χ3v) is 5.21. The standard InChI is InChI=1S/C13H14N4O3S2/c1-7-10(11(19)20-2)22-12(15-7)16-9(18)5-8-6-21-13-14-3-4-17(8)13/h6H,3-5H2,1-2H3,(H,15,16,18). The maximum atomic E-state index is 12.1. The molecule has 0 bridgehead atoms. The molecule has 0 saturated carbocycles. The molecule has 0 fully saturated rings. The molecule has 1 aromatic rings. The van der Waals surface area contributed by atoms with Crippen molar-refractivity contribution in [3.05, 3.63) is 21.7 Å². The van der Waals surface area contributed by atoms with Crippen LogP contribution >= 0.6 is 23.1 Å². The Bertz CT molecular complexity index is 695. The highest BCUT2D eigenvalue weighted by atomic mass is 32.2. The van der Waals surface area contributed by atoms with Crippen LogP contribution in [0.2, 0.25) is 0 Å². The molecule has 0 radical (unpaired) electrons. The summed E-state index contributed by atoms with van der Waals surface area (Å²) in [5.74, 6) is -0.603. The molecular formula is C13H14N4O3S2. The van der Waals surface area contributed by atoms with Crippen LogP contribution in [0.25, 0.3) is 0 Å². The molecule has 1 N–H and O–H groups in total. The predicted molar refractivity (Wildman–Crippen MR) is 86.1 cm³/mol. The third-order valence-electron chi connectivity index (χ3n) is 3.20. The van der Waals surface area contributed by atoms with Crippen LogP contribution in [0.1, 0.15) is 21.8 Å². The molecule has 0 saturated heterocycles. The average Bonchev–Trinajstić information content (AvgIpc) is 3.16. The summed E-state index contributed by atoms with van der Waals surface area (Å²) >= 11 is 2.66. The number of hydrogen-bond acceptors (Lipinski definition) is 8. The van der Waals surface area contributed by atoms with Gasteiger partial charge in [-0.2, -0.15) is 0 Å². The lowest BCUT2D eigenvalue weighted by Gasteiger charge is -2.15. The number of nitrogens with one attached hydrogen (secondary N) is 1. The second-order valence-corrected chi connectivity index (χ2v) is 6.53. The zero-order valence-corrected chi connectivity index (χ0v) is 13.7. The monoisotopic (exact) mass is 338 g/mol. The van der Waals surface area contributed by atoms with E-state index in [0.717, 1.165) is 35.3 Å². The zero-order valence-electron chi connectivity index (χ0n) is 12.1. The molecule has 2 aliphatic heterocycles. The van der Waals surface area contributed by atoms with E-state index in [4.69, 9.17) is 0 Å². The van der Waals surface area contributed by atoms with Crippen LogP contribution in [0, 0.1) is 6.92 Å². The molecule has 1 aromatic heterocycles. The van der Waals surface area contributed by atoms with Gasteiger partial charge in [0.2, 0.25) is 5.91 Å². The van der Waals surface area contributed by atoms with Gasteiger partial charge in [0.05, 0.1) is 25.8 Å². The molecule has 0 aromatic carbocycles. The van der Waals surface area contributed by atoms with E-state index in [-0.39, 0.29) is 12.3 Å². The number of carbonyl (C=O) groups excluding carboxylic acids is 2. The summed E-state index contributed by atoms with van der Waals surface area (Å²) in [4.78, 5) is 34.7. The van der Waals surface area contributed by atoms with Crippen LogP contribution in [0.3, 0.4) is 0 Å². The fourth-order valence-electron chi connectivity index (χ4n) is 2.18. The van der Waals surface area contributed by atoms with Gasteiger partial charge in [-0.3, -0.25) is 9.79 Å². The largest absolute Gasteiger partial charge is 0.465 e. The van der Waals surface area contributed by atoms with Gasteiger partial charge in [0, 0.05) is 12.2 Å². The van der Waals surface area contributed by atoms with E-state index in [1.165, 1.54) is 7.11 Å². The second-order valence-electron chi connectivity index (χ2n) is 4.69. The Morgan fingerprint density at radius 1 is 1.50 bits per heavy atom. The summed E-state index contributed by atoms with van der Waals surface area (Å²) in [6.07, 6.45) is 0.262. The number of aryl methyl sites for hydroxylation is 1. The zero-order chi connectivity index (χ0) is 15.7. The van der Waals surface area contributed by atoms with Gasteiger partial charge in [0.1, 0.15) is 4.88 Å². The third kappa shape index (κ3) is 2.86. The molecule has 116 valence electrons. The number of ether oxygens (including phenoxy) is 1. The number of amides is 1. The first-order chi connectivity index (χ1) is 10.6. The number of carbonyl (C=O) groups is 2. The Hall–Kier alpha value is -1.87. The summed E-state index contributed by atoms with van der Waals surface area (Å²) in [7, 11) is 1.32. The van der Waals surface area contributed by atoms with Crippen LogP contribution in [0.15, 0.2) is 16.1 Å². The van der Waals surface area contributed by atoms with E-state index in [1.807, 2.05) is 5.41 Å². The number of amidine groups is 1. The van der Waals surface area contributed by atoms with Crippen molar-refractivity contribution in [2.75, 3.05) is 25.5 Å². The first-order valence-electron chi connectivity index (χ1n) is 6.61. The number of hydrogen-bond donors (Lipinski definition) is 1. The Morgan fingerprint density at radius 3 is 3.09 bits per heavy atom. The summed E-state index contributed by atoms with van der Waals surface area (Å²) < 4.78 is 4.68. The van der Waals surface area contributed by atoms with Crippen LogP contribution in [-0.4, -0.2) is 47.1 Å². The van der Waals surface area contributed by atoms with Crippen LogP contribution in [-0.2, 0) is 9.53 Å². The van der Waals surface area contributed by atoms with Crippen molar-refractivity contribution in [1.29, 1.82) is 0 Å². The fraction of sp³-hybridized carbons (Fsp3) is 0.385. The number of fused-ring (bicyclic) bond motifs is 1. The van der Waals surface area contributed by atoms with Gasteiger partial charge in [0.25, 0.3) is 0 Å². The number of aliphatic imine (C=N–C) groups is 1. The molecule has 0 atom stereocenters. The number of methoxy groups -OCH3 is 1. The van der Waals surface area contributed by atoms with E-state index in [9.17, 15) is 9.59 Å². The van der Waals surface area contributed by atoms with Gasteiger partial charge < -0.3 is 15.0 Å². The van der Waals surface area contributed by atoms with E-state index < -0.39 is 5.97 Å². The van der Waals surface area contributed by atoms with Gasteiger partial charge >= 0.3 is 5.97 Å². The van der Waals surface area contributed by atoms with Gasteiger partial charge in [0.15, 0.2) is 10.3 Å².